The molecule has 0 saturated carbocycles. The van der Waals surface area contributed by atoms with Crippen LogP contribution in [0.2, 0.25) is 0 Å². The minimum Gasteiger partial charge on any atom is -0.488 e. The number of carbonyl (C=O) groups is 1. The zero-order chi connectivity index (χ0) is 19.1. The fraction of sp³-hybridized carbons (Fsp3) is 0.238. The molecule has 0 bridgehead atoms. The van der Waals surface area contributed by atoms with E-state index in [4.69, 9.17) is 4.74 Å². The molecular formula is C21H22FN3O2. The van der Waals surface area contributed by atoms with Crippen LogP contribution in [0.1, 0.15) is 23.6 Å². The molecule has 0 aliphatic heterocycles. The van der Waals surface area contributed by atoms with Crippen molar-refractivity contribution < 1.29 is 13.9 Å². The van der Waals surface area contributed by atoms with Gasteiger partial charge in [-0.3, -0.25) is 9.48 Å². The van der Waals surface area contributed by atoms with Crippen LogP contribution in [-0.4, -0.2) is 22.3 Å². The van der Waals surface area contributed by atoms with Crippen LogP contribution in [0.3, 0.4) is 0 Å². The lowest BCUT2D eigenvalue weighted by atomic mass is 10.1. The Hall–Kier alpha value is -3.15. The summed E-state index contributed by atoms with van der Waals surface area (Å²) in [5.41, 5.74) is 1.91. The number of hydrogen-bond donors (Lipinski definition) is 1. The molecule has 2 aromatic carbocycles. The molecule has 0 fully saturated rings. The highest BCUT2D eigenvalue weighted by atomic mass is 19.1. The number of halogens is 1. The van der Waals surface area contributed by atoms with Crippen molar-refractivity contribution in [2.75, 3.05) is 6.61 Å². The van der Waals surface area contributed by atoms with Crippen LogP contribution in [0.15, 0.2) is 67.0 Å². The molecule has 0 spiro atoms. The van der Waals surface area contributed by atoms with Crippen molar-refractivity contribution in [1.29, 1.82) is 0 Å². The monoisotopic (exact) mass is 367 g/mol. The van der Waals surface area contributed by atoms with Crippen molar-refractivity contribution in [1.82, 2.24) is 15.1 Å². The van der Waals surface area contributed by atoms with Crippen molar-refractivity contribution in [3.63, 3.8) is 0 Å². The number of para-hydroxylation sites is 1. The molecule has 27 heavy (non-hydrogen) atoms. The molecule has 1 amide bonds. The molecule has 1 heterocycles. The second-order valence-corrected chi connectivity index (χ2v) is 6.29. The molecule has 0 aliphatic rings. The topological polar surface area (TPSA) is 56.2 Å². The second-order valence-electron chi connectivity index (χ2n) is 6.29. The van der Waals surface area contributed by atoms with E-state index in [1.54, 1.807) is 29.1 Å². The molecular weight excluding hydrogens is 345 g/mol. The third kappa shape index (κ3) is 5.41. The standard InChI is InChI=1S/C21H22FN3O2/c1-25-14-16(13-23-25)11-12-21(26)24-19(17-7-3-2-4-8-17)15-27-20-10-6-5-9-18(20)22/h2-10,13-14,19H,11-12,15H2,1H3,(H,24,26)/t19-/m1/s1. The van der Waals surface area contributed by atoms with Crippen LogP contribution in [0.5, 0.6) is 5.75 Å². The van der Waals surface area contributed by atoms with Crippen molar-refractivity contribution >= 4 is 5.91 Å². The Bertz CT molecular complexity index is 880. The average molecular weight is 367 g/mol. The Morgan fingerprint density at radius 2 is 1.93 bits per heavy atom. The molecule has 3 aromatic rings. The average Bonchev–Trinajstić information content (AvgIpc) is 3.10. The first-order valence-electron chi connectivity index (χ1n) is 8.81. The van der Waals surface area contributed by atoms with E-state index in [2.05, 4.69) is 10.4 Å². The van der Waals surface area contributed by atoms with Crippen LogP contribution in [-0.2, 0) is 18.3 Å². The van der Waals surface area contributed by atoms with Crippen LogP contribution >= 0.6 is 0 Å². The fourth-order valence-electron chi connectivity index (χ4n) is 2.77. The SMILES string of the molecule is Cn1cc(CCC(=O)N[C@H](COc2ccccc2F)c2ccccc2)cn1. The Balaban J connectivity index is 1.63. The minimum atomic E-state index is -0.424. The Morgan fingerprint density at radius 3 is 2.63 bits per heavy atom. The third-order valence-corrected chi connectivity index (χ3v) is 4.18. The zero-order valence-corrected chi connectivity index (χ0v) is 15.1. The lowest BCUT2D eigenvalue weighted by Gasteiger charge is -2.20. The van der Waals surface area contributed by atoms with Gasteiger partial charge in [-0.15, -0.1) is 0 Å². The maximum Gasteiger partial charge on any atom is 0.220 e. The summed E-state index contributed by atoms with van der Waals surface area (Å²) in [5.74, 6) is -0.347. The Labute approximate surface area is 157 Å². The predicted octanol–water partition coefficient (Wildman–Crippen LogP) is 3.43. The summed E-state index contributed by atoms with van der Waals surface area (Å²) in [6.45, 7) is 0.142. The van der Waals surface area contributed by atoms with Gasteiger partial charge in [0.2, 0.25) is 5.91 Å². The highest BCUT2D eigenvalue weighted by Crippen LogP contribution is 2.19. The summed E-state index contributed by atoms with van der Waals surface area (Å²) in [4.78, 5) is 12.4. The minimum absolute atomic E-state index is 0.0927. The number of aromatic nitrogens is 2. The van der Waals surface area contributed by atoms with Gasteiger partial charge in [0.15, 0.2) is 11.6 Å². The molecule has 6 heteroatoms. The maximum atomic E-state index is 13.8. The summed E-state index contributed by atoms with van der Waals surface area (Å²) < 4.78 is 21.1. The zero-order valence-electron chi connectivity index (χ0n) is 15.1. The van der Waals surface area contributed by atoms with E-state index in [0.717, 1.165) is 11.1 Å². The molecule has 1 atom stereocenters. The third-order valence-electron chi connectivity index (χ3n) is 4.18. The number of carbonyl (C=O) groups excluding carboxylic acids is 1. The first-order valence-corrected chi connectivity index (χ1v) is 8.81. The number of benzene rings is 2. The van der Waals surface area contributed by atoms with Crippen molar-refractivity contribution in [2.45, 2.75) is 18.9 Å². The van der Waals surface area contributed by atoms with Gasteiger partial charge in [-0.1, -0.05) is 42.5 Å². The molecule has 5 nitrogen and oxygen atoms in total. The number of nitrogens with zero attached hydrogens (tertiary/aromatic N) is 2. The van der Waals surface area contributed by atoms with Crippen LogP contribution in [0.4, 0.5) is 4.39 Å². The first-order chi connectivity index (χ1) is 13.1. The highest BCUT2D eigenvalue weighted by Gasteiger charge is 2.16. The summed E-state index contributed by atoms with van der Waals surface area (Å²) in [7, 11) is 1.84. The summed E-state index contributed by atoms with van der Waals surface area (Å²) >= 11 is 0. The highest BCUT2D eigenvalue weighted by molar-refractivity contribution is 5.76. The largest absolute Gasteiger partial charge is 0.488 e. The van der Waals surface area contributed by atoms with Gasteiger partial charge in [0.05, 0.1) is 12.2 Å². The van der Waals surface area contributed by atoms with Gasteiger partial charge in [0.1, 0.15) is 6.61 Å². The van der Waals surface area contributed by atoms with E-state index in [-0.39, 0.29) is 24.3 Å². The number of amides is 1. The van der Waals surface area contributed by atoms with Gasteiger partial charge in [0, 0.05) is 19.7 Å². The van der Waals surface area contributed by atoms with E-state index in [0.29, 0.717) is 12.8 Å². The summed E-state index contributed by atoms with van der Waals surface area (Å²) in [5, 5.41) is 7.09. The number of aryl methyl sites for hydroxylation is 2. The van der Waals surface area contributed by atoms with Crippen molar-refractivity contribution in [2.24, 2.45) is 7.05 Å². The number of ether oxygens (including phenoxy) is 1. The molecule has 1 N–H and O–H groups in total. The van der Waals surface area contributed by atoms with Crippen LogP contribution in [0.25, 0.3) is 0 Å². The van der Waals surface area contributed by atoms with Crippen molar-refractivity contribution in [3.8, 4) is 5.75 Å². The molecule has 0 radical (unpaired) electrons. The Morgan fingerprint density at radius 1 is 1.19 bits per heavy atom. The van der Waals surface area contributed by atoms with E-state index in [9.17, 15) is 9.18 Å². The maximum absolute atomic E-state index is 13.8. The van der Waals surface area contributed by atoms with Gasteiger partial charge in [-0.05, 0) is 29.7 Å². The molecule has 0 unspecified atom stereocenters. The summed E-state index contributed by atoms with van der Waals surface area (Å²) in [6.07, 6.45) is 4.59. The van der Waals surface area contributed by atoms with Gasteiger partial charge in [-0.25, -0.2) is 4.39 Å². The van der Waals surface area contributed by atoms with E-state index in [1.165, 1.54) is 6.07 Å². The van der Waals surface area contributed by atoms with Gasteiger partial charge in [-0.2, -0.15) is 5.10 Å². The van der Waals surface area contributed by atoms with Gasteiger partial charge < -0.3 is 10.1 Å². The van der Waals surface area contributed by atoms with Gasteiger partial charge >= 0.3 is 0 Å². The lowest BCUT2D eigenvalue weighted by molar-refractivity contribution is -0.122. The number of nitrogens with one attached hydrogen (secondary N) is 1. The van der Waals surface area contributed by atoms with Crippen molar-refractivity contribution in [3.05, 3.63) is 83.9 Å². The predicted molar refractivity (Wildman–Crippen MR) is 101 cm³/mol. The van der Waals surface area contributed by atoms with E-state index < -0.39 is 5.82 Å². The van der Waals surface area contributed by atoms with Gasteiger partial charge in [0.25, 0.3) is 0 Å². The molecule has 3 rings (SSSR count). The molecule has 1 aromatic heterocycles. The van der Waals surface area contributed by atoms with E-state index >= 15 is 0 Å². The quantitative estimate of drug-likeness (QED) is 0.664. The Kier molecular flexibility index (Phi) is 6.20. The second kappa shape index (κ2) is 8.98. The van der Waals surface area contributed by atoms with E-state index in [1.807, 2.05) is 43.6 Å². The smallest absolute Gasteiger partial charge is 0.220 e. The van der Waals surface area contributed by atoms with Crippen LogP contribution < -0.4 is 10.1 Å². The van der Waals surface area contributed by atoms with Crippen LogP contribution in [0, 0.1) is 5.82 Å². The summed E-state index contributed by atoms with van der Waals surface area (Å²) in [6, 6.07) is 15.4. The number of hydrogen-bond acceptors (Lipinski definition) is 3. The first kappa shape index (κ1) is 18.6. The molecule has 0 aliphatic carbocycles. The molecule has 140 valence electrons. The molecule has 0 saturated heterocycles. The lowest BCUT2D eigenvalue weighted by Crippen LogP contribution is -2.32. The normalized spacial score (nSPS) is 11.8. The number of rotatable bonds is 8. The fourth-order valence-corrected chi connectivity index (χ4v) is 2.77.